The zero-order valence-corrected chi connectivity index (χ0v) is 14.0. The van der Waals surface area contributed by atoms with Crippen molar-refractivity contribution in [3.8, 4) is 11.4 Å². The first kappa shape index (κ1) is 16.7. The predicted molar refractivity (Wildman–Crippen MR) is 106 cm³/mol. The highest BCUT2D eigenvalue weighted by Crippen LogP contribution is 2.48. The van der Waals surface area contributed by atoms with Crippen LogP contribution < -0.4 is 4.65 Å². The lowest BCUT2D eigenvalue weighted by molar-refractivity contribution is 0.453. The molecule has 4 nitrogen and oxygen atoms in total. The molecule has 26 heavy (non-hydrogen) atoms. The second-order valence-corrected chi connectivity index (χ2v) is 6.96. The maximum Gasteiger partial charge on any atom is 0.569 e. The van der Waals surface area contributed by atoms with E-state index < -0.39 is 0 Å². The van der Waals surface area contributed by atoms with Gasteiger partial charge in [0, 0.05) is 22.4 Å². The number of para-hydroxylation sites is 1. The van der Waals surface area contributed by atoms with Gasteiger partial charge in [-0.15, -0.1) is 0 Å². The number of fused-ring (bicyclic) bond motifs is 5. The largest absolute Gasteiger partial charge is 0.569 e. The van der Waals surface area contributed by atoms with Crippen molar-refractivity contribution in [2.24, 2.45) is 0 Å². The maximum atomic E-state index is 9.11. The first-order valence-electron chi connectivity index (χ1n) is 8.28. The quantitative estimate of drug-likeness (QED) is 0.550. The Balaban J connectivity index is 0.00000168. The van der Waals surface area contributed by atoms with Crippen LogP contribution in [0.3, 0.4) is 0 Å². The minimum atomic E-state index is -0.179. The molecular weight excluding hydrogens is 323 g/mol. The standard InChI is InChI=1S/C20H16BN2O2.CH4/c1-20(2)15-5-3-4-6-17(15)23-18-11-22-8-7-13(18)14-9-12(25-21-24)10-16(20)19(14)23;/h3-11,24H,1-2H3;1H4. The van der Waals surface area contributed by atoms with Crippen LogP contribution in [0.25, 0.3) is 27.5 Å². The molecule has 1 N–H and O–H groups in total. The molecule has 2 aromatic heterocycles. The molecule has 4 aromatic rings. The van der Waals surface area contributed by atoms with E-state index in [4.69, 9.17) is 9.68 Å². The molecule has 5 rings (SSSR count). The van der Waals surface area contributed by atoms with Gasteiger partial charge in [-0.05, 0) is 35.4 Å². The fraction of sp³-hybridized carbons (Fsp3) is 0.190. The maximum absolute atomic E-state index is 9.11. The van der Waals surface area contributed by atoms with Gasteiger partial charge in [0.25, 0.3) is 0 Å². The Hall–Kier alpha value is -2.79. The molecule has 0 amide bonds. The lowest BCUT2D eigenvalue weighted by Gasteiger charge is -2.34. The van der Waals surface area contributed by atoms with E-state index in [-0.39, 0.29) is 12.8 Å². The Labute approximate surface area is 153 Å². The van der Waals surface area contributed by atoms with Crippen molar-refractivity contribution in [2.45, 2.75) is 26.7 Å². The van der Waals surface area contributed by atoms with Gasteiger partial charge in [-0.1, -0.05) is 39.5 Å². The molecule has 3 heterocycles. The van der Waals surface area contributed by atoms with Crippen LogP contribution in [0.15, 0.2) is 54.9 Å². The van der Waals surface area contributed by atoms with Crippen LogP contribution in [0.4, 0.5) is 0 Å². The number of benzene rings is 2. The van der Waals surface area contributed by atoms with Crippen LogP contribution in [-0.2, 0) is 5.41 Å². The van der Waals surface area contributed by atoms with Gasteiger partial charge in [0.05, 0.1) is 22.9 Å². The van der Waals surface area contributed by atoms with E-state index >= 15 is 0 Å². The van der Waals surface area contributed by atoms with Gasteiger partial charge in [-0.3, -0.25) is 4.98 Å². The Morgan fingerprint density at radius 3 is 2.69 bits per heavy atom. The summed E-state index contributed by atoms with van der Waals surface area (Å²) >= 11 is 0. The zero-order chi connectivity index (χ0) is 17.2. The number of hydrogen-bond acceptors (Lipinski definition) is 3. The van der Waals surface area contributed by atoms with E-state index in [1.165, 1.54) is 22.3 Å². The van der Waals surface area contributed by atoms with Crippen molar-refractivity contribution in [3.05, 3.63) is 66.0 Å². The van der Waals surface area contributed by atoms with E-state index in [0.29, 0.717) is 5.75 Å². The third kappa shape index (κ3) is 1.98. The van der Waals surface area contributed by atoms with E-state index in [1.54, 1.807) is 0 Å². The van der Waals surface area contributed by atoms with Crippen molar-refractivity contribution >= 4 is 29.5 Å². The average Bonchev–Trinajstić information content (AvgIpc) is 2.95. The second-order valence-electron chi connectivity index (χ2n) is 6.96. The molecular formula is C21H20BN2O2. The Morgan fingerprint density at radius 2 is 1.88 bits per heavy atom. The van der Waals surface area contributed by atoms with Gasteiger partial charge < -0.3 is 14.2 Å². The van der Waals surface area contributed by atoms with E-state index in [0.717, 1.165) is 24.0 Å². The fourth-order valence-corrected chi connectivity index (χ4v) is 4.16. The highest BCUT2D eigenvalue weighted by atomic mass is 16.5. The number of aromatic nitrogens is 2. The predicted octanol–water partition coefficient (Wildman–Crippen LogP) is 4.36. The van der Waals surface area contributed by atoms with Gasteiger partial charge >= 0.3 is 7.69 Å². The summed E-state index contributed by atoms with van der Waals surface area (Å²) in [5, 5.41) is 11.3. The van der Waals surface area contributed by atoms with Gasteiger partial charge in [-0.25, -0.2) is 0 Å². The molecule has 1 radical (unpaired) electrons. The Morgan fingerprint density at radius 1 is 1.08 bits per heavy atom. The molecule has 5 heteroatoms. The highest BCUT2D eigenvalue weighted by Gasteiger charge is 2.35. The van der Waals surface area contributed by atoms with E-state index in [1.807, 2.05) is 30.6 Å². The number of nitrogens with zero attached hydrogens (tertiary/aromatic N) is 2. The molecule has 0 unspecified atom stereocenters. The third-order valence-electron chi connectivity index (χ3n) is 5.32. The van der Waals surface area contributed by atoms with Crippen molar-refractivity contribution in [1.82, 2.24) is 9.55 Å². The molecule has 0 spiro atoms. The van der Waals surface area contributed by atoms with Crippen LogP contribution in [0.5, 0.6) is 5.75 Å². The summed E-state index contributed by atoms with van der Waals surface area (Å²) in [5.74, 6) is 0.633. The normalized spacial score (nSPS) is 14.0. The minimum absolute atomic E-state index is 0. The lowest BCUT2D eigenvalue weighted by atomic mass is 9.74. The molecule has 129 valence electrons. The molecule has 1 aliphatic rings. The average molecular weight is 343 g/mol. The van der Waals surface area contributed by atoms with Crippen LogP contribution in [0.1, 0.15) is 32.4 Å². The van der Waals surface area contributed by atoms with Gasteiger partial charge in [0.1, 0.15) is 5.75 Å². The summed E-state index contributed by atoms with van der Waals surface area (Å²) in [4.78, 5) is 4.34. The van der Waals surface area contributed by atoms with Gasteiger partial charge in [-0.2, -0.15) is 0 Å². The molecule has 0 fully saturated rings. The smallest absolute Gasteiger partial charge is 0.537 e. The van der Waals surface area contributed by atoms with E-state index in [2.05, 4.69) is 47.7 Å². The van der Waals surface area contributed by atoms with E-state index in [9.17, 15) is 0 Å². The molecule has 0 bridgehead atoms. The molecule has 0 atom stereocenters. The van der Waals surface area contributed by atoms with Crippen LogP contribution in [0.2, 0.25) is 0 Å². The topological polar surface area (TPSA) is 47.3 Å². The number of hydrogen-bond donors (Lipinski definition) is 1. The fourth-order valence-electron chi connectivity index (χ4n) is 4.16. The van der Waals surface area contributed by atoms with Crippen molar-refractivity contribution in [1.29, 1.82) is 0 Å². The first-order valence-corrected chi connectivity index (χ1v) is 8.28. The third-order valence-corrected chi connectivity index (χ3v) is 5.32. The summed E-state index contributed by atoms with van der Waals surface area (Å²) in [7, 11) is 0.735. The van der Waals surface area contributed by atoms with Gasteiger partial charge in [0.15, 0.2) is 0 Å². The summed E-state index contributed by atoms with van der Waals surface area (Å²) in [6, 6.07) is 14.5. The summed E-state index contributed by atoms with van der Waals surface area (Å²) in [6.45, 7) is 4.46. The Bertz CT molecular complexity index is 1150. The highest BCUT2D eigenvalue weighted by molar-refractivity contribution is 6.18. The van der Waals surface area contributed by atoms with Crippen molar-refractivity contribution in [2.75, 3.05) is 0 Å². The summed E-state index contributed by atoms with van der Waals surface area (Å²) in [6.07, 6.45) is 3.72. The zero-order valence-electron chi connectivity index (χ0n) is 14.0. The SMILES string of the molecule is C.CC1(C)c2ccccc2-n2c3cnccc3c3cc(O[B]O)cc1c32. The molecule has 1 aliphatic heterocycles. The van der Waals surface area contributed by atoms with Crippen LogP contribution in [0, 0.1) is 0 Å². The number of rotatable bonds is 2. The first-order chi connectivity index (χ1) is 12.1. The molecule has 0 saturated carbocycles. The monoisotopic (exact) mass is 343 g/mol. The van der Waals surface area contributed by atoms with Crippen molar-refractivity contribution < 1.29 is 9.68 Å². The summed E-state index contributed by atoms with van der Waals surface area (Å²) in [5.41, 5.74) is 5.70. The number of pyridine rings is 1. The van der Waals surface area contributed by atoms with Gasteiger partial charge in [0.2, 0.25) is 0 Å². The lowest BCUT2D eigenvalue weighted by Crippen LogP contribution is -2.26. The van der Waals surface area contributed by atoms with Crippen LogP contribution >= 0.6 is 0 Å². The van der Waals surface area contributed by atoms with Crippen LogP contribution in [-0.4, -0.2) is 22.3 Å². The second kappa shape index (κ2) is 5.61. The minimum Gasteiger partial charge on any atom is -0.537 e. The summed E-state index contributed by atoms with van der Waals surface area (Å²) < 4.78 is 7.62. The Kier molecular flexibility index (Phi) is 3.60. The molecule has 0 aliphatic carbocycles. The van der Waals surface area contributed by atoms with Crippen molar-refractivity contribution in [3.63, 3.8) is 0 Å². The molecule has 2 aromatic carbocycles. The molecule has 0 saturated heterocycles.